The van der Waals surface area contributed by atoms with Gasteiger partial charge >= 0.3 is 0 Å². The number of hydrogen-bond acceptors (Lipinski definition) is 4. The Morgan fingerprint density at radius 1 is 1.43 bits per heavy atom. The fourth-order valence-electron chi connectivity index (χ4n) is 2.18. The topological polar surface area (TPSA) is 72.9 Å². The van der Waals surface area contributed by atoms with Crippen LogP contribution in [-0.2, 0) is 13.5 Å². The van der Waals surface area contributed by atoms with Gasteiger partial charge in [-0.05, 0) is 41.6 Å². The van der Waals surface area contributed by atoms with Crippen molar-refractivity contribution in [3.63, 3.8) is 0 Å². The number of carbonyl (C=O) groups excluding carboxylic acids is 1. The van der Waals surface area contributed by atoms with E-state index in [0.717, 1.165) is 22.1 Å². The highest BCUT2D eigenvalue weighted by Crippen LogP contribution is 2.27. The molecule has 0 radical (unpaired) electrons. The van der Waals surface area contributed by atoms with Crippen molar-refractivity contribution in [2.45, 2.75) is 6.42 Å². The highest BCUT2D eigenvalue weighted by atomic mass is 32.1. The van der Waals surface area contributed by atoms with E-state index in [1.54, 1.807) is 4.68 Å². The number of nitrogen functional groups attached to an aromatic ring is 1. The minimum absolute atomic E-state index is 0.0429. The molecule has 0 saturated carbocycles. The standard InChI is InChI=1S/C15H16N4OS/c1-19-9-10(8-18-19)4-5-17-15(20)14-7-11-6-12(16)2-3-13(11)21-14/h2-3,6-9H,4-5,16H2,1H3,(H,17,20). The lowest BCUT2D eigenvalue weighted by molar-refractivity contribution is 0.0958. The van der Waals surface area contributed by atoms with Crippen LogP contribution in [0.4, 0.5) is 5.69 Å². The quantitative estimate of drug-likeness (QED) is 0.725. The Hall–Kier alpha value is -2.34. The van der Waals surface area contributed by atoms with E-state index in [4.69, 9.17) is 5.73 Å². The summed E-state index contributed by atoms with van der Waals surface area (Å²) in [7, 11) is 1.88. The number of thiophene rings is 1. The fraction of sp³-hybridized carbons (Fsp3) is 0.200. The minimum Gasteiger partial charge on any atom is -0.399 e. The Bertz CT molecular complexity index is 790. The molecule has 6 heteroatoms. The summed E-state index contributed by atoms with van der Waals surface area (Å²) in [6.45, 7) is 0.598. The number of benzene rings is 1. The largest absolute Gasteiger partial charge is 0.399 e. The van der Waals surface area contributed by atoms with E-state index in [1.807, 2.05) is 43.7 Å². The molecule has 5 nitrogen and oxygen atoms in total. The Balaban J connectivity index is 1.63. The lowest BCUT2D eigenvalue weighted by Gasteiger charge is -2.01. The van der Waals surface area contributed by atoms with Gasteiger partial charge in [0.2, 0.25) is 0 Å². The molecule has 0 fully saturated rings. The summed E-state index contributed by atoms with van der Waals surface area (Å²) in [5.74, 6) is -0.0429. The zero-order chi connectivity index (χ0) is 14.8. The molecule has 108 valence electrons. The molecule has 0 aliphatic rings. The Kier molecular flexibility index (Phi) is 3.62. The number of fused-ring (bicyclic) bond motifs is 1. The van der Waals surface area contributed by atoms with Crippen LogP contribution in [0.1, 0.15) is 15.2 Å². The molecule has 1 amide bonds. The summed E-state index contributed by atoms with van der Waals surface area (Å²) >= 11 is 1.48. The van der Waals surface area contributed by atoms with Crippen LogP contribution in [0.25, 0.3) is 10.1 Å². The van der Waals surface area contributed by atoms with Gasteiger partial charge in [-0.1, -0.05) is 0 Å². The molecule has 0 spiro atoms. The normalized spacial score (nSPS) is 10.9. The predicted molar refractivity (Wildman–Crippen MR) is 85.5 cm³/mol. The molecule has 0 aliphatic heterocycles. The highest BCUT2D eigenvalue weighted by Gasteiger charge is 2.10. The lowest BCUT2D eigenvalue weighted by Crippen LogP contribution is -2.24. The second-order valence-corrected chi connectivity index (χ2v) is 6.02. The van der Waals surface area contributed by atoms with Crippen LogP contribution in [0.2, 0.25) is 0 Å². The first-order valence-electron chi connectivity index (χ1n) is 6.66. The van der Waals surface area contributed by atoms with E-state index >= 15 is 0 Å². The second kappa shape index (κ2) is 5.57. The van der Waals surface area contributed by atoms with Crippen LogP contribution in [0, 0.1) is 0 Å². The lowest BCUT2D eigenvalue weighted by atomic mass is 10.2. The SMILES string of the molecule is Cn1cc(CCNC(=O)c2cc3cc(N)ccc3s2)cn1. The van der Waals surface area contributed by atoms with Crippen molar-refractivity contribution in [2.75, 3.05) is 12.3 Å². The molecule has 21 heavy (non-hydrogen) atoms. The Morgan fingerprint density at radius 2 is 2.29 bits per heavy atom. The molecule has 0 unspecified atom stereocenters. The third kappa shape index (κ3) is 3.05. The number of aromatic nitrogens is 2. The molecule has 2 aromatic heterocycles. The minimum atomic E-state index is -0.0429. The maximum Gasteiger partial charge on any atom is 0.261 e. The maximum absolute atomic E-state index is 12.1. The van der Waals surface area contributed by atoms with Crippen LogP contribution < -0.4 is 11.1 Å². The Labute approximate surface area is 126 Å². The van der Waals surface area contributed by atoms with Crippen LogP contribution in [0.15, 0.2) is 36.7 Å². The predicted octanol–water partition coefficient (Wildman–Crippen LogP) is 2.19. The Morgan fingerprint density at radius 3 is 3.05 bits per heavy atom. The van der Waals surface area contributed by atoms with Crippen molar-refractivity contribution in [1.29, 1.82) is 0 Å². The van der Waals surface area contributed by atoms with Gasteiger partial charge in [0.25, 0.3) is 5.91 Å². The summed E-state index contributed by atoms with van der Waals surface area (Å²) in [4.78, 5) is 12.9. The van der Waals surface area contributed by atoms with Crippen LogP contribution in [-0.4, -0.2) is 22.2 Å². The number of anilines is 1. The molecule has 0 atom stereocenters. The van der Waals surface area contributed by atoms with Crippen molar-refractivity contribution in [1.82, 2.24) is 15.1 Å². The number of carbonyl (C=O) groups is 1. The molecule has 3 N–H and O–H groups in total. The maximum atomic E-state index is 12.1. The molecular formula is C15H16N4OS. The average molecular weight is 300 g/mol. The van der Waals surface area contributed by atoms with Gasteiger partial charge in [-0.3, -0.25) is 9.48 Å². The number of amides is 1. The van der Waals surface area contributed by atoms with Gasteiger partial charge in [-0.2, -0.15) is 5.10 Å². The summed E-state index contributed by atoms with van der Waals surface area (Å²) in [6.07, 6.45) is 4.54. The average Bonchev–Trinajstić information content (AvgIpc) is 3.04. The van der Waals surface area contributed by atoms with Gasteiger partial charge in [0.1, 0.15) is 0 Å². The molecule has 1 aromatic carbocycles. The van der Waals surface area contributed by atoms with Gasteiger partial charge in [0.15, 0.2) is 0 Å². The van der Waals surface area contributed by atoms with E-state index < -0.39 is 0 Å². The zero-order valence-corrected chi connectivity index (χ0v) is 12.5. The molecular weight excluding hydrogens is 284 g/mol. The molecule has 2 heterocycles. The third-order valence-corrected chi connectivity index (χ3v) is 4.34. The zero-order valence-electron chi connectivity index (χ0n) is 11.7. The molecule has 3 rings (SSSR count). The van der Waals surface area contributed by atoms with Gasteiger partial charge in [0, 0.05) is 30.2 Å². The first kappa shape index (κ1) is 13.6. The smallest absolute Gasteiger partial charge is 0.261 e. The van der Waals surface area contributed by atoms with E-state index in [-0.39, 0.29) is 5.91 Å². The van der Waals surface area contributed by atoms with Crippen molar-refractivity contribution in [3.8, 4) is 0 Å². The molecule has 0 bridgehead atoms. The summed E-state index contributed by atoms with van der Waals surface area (Å²) < 4.78 is 2.83. The number of rotatable bonds is 4. The highest BCUT2D eigenvalue weighted by molar-refractivity contribution is 7.20. The molecule has 0 saturated heterocycles. The van der Waals surface area contributed by atoms with Gasteiger partial charge < -0.3 is 11.1 Å². The number of aryl methyl sites for hydroxylation is 1. The van der Waals surface area contributed by atoms with Gasteiger partial charge in [0.05, 0.1) is 11.1 Å². The monoisotopic (exact) mass is 300 g/mol. The van der Waals surface area contributed by atoms with Crippen molar-refractivity contribution >= 4 is 33.0 Å². The third-order valence-electron chi connectivity index (χ3n) is 3.22. The van der Waals surface area contributed by atoms with E-state index in [9.17, 15) is 4.79 Å². The van der Waals surface area contributed by atoms with E-state index in [0.29, 0.717) is 17.1 Å². The van der Waals surface area contributed by atoms with Crippen molar-refractivity contribution in [2.24, 2.45) is 7.05 Å². The van der Waals surface area contributed by atoms with Gasteiger partial charge in [-0.15, -0.1) is 11.3 Å². The van der Waals surface area contributed by atoms with Crippen LogP contribution in [0.5, 0.6) is 0 Å². The molecule has 3 aromatic rings. The fourth-order valence-corrected chi connectivity index (χ4v) is 3.14. The van der Waals surface area contributed by atoms with Crippen molar-refractivity contribution < 1.29 is 4.79 Å². The molecule has 0 aliphatic carbocycles. The second-order valence-electron chi connectivity index (χ2n) is 4.94. The van der Waals surface area contributed by atoms with E-state index in [1.165, 1.54) is 11.3 Å². The first-order valence-corrected chi connectivity index (χ1v) is 7.48. The van der Waals surface area contributed by atoms with Gasteiger partial charge in [-0.25, -0.2) is 0 Å². The number of nitrogens with two attached hydrogens (primary N) is 1. The summed E-state index contributed by atoms with van der Waals surface area (Å²) in [5.41, 5.74) is 7.58. The summed E-state index contributed by atoms with van der Waals surface area (Å²) in [6, 6.07) is 7.57. The van der Waals surface area contributed by atoms with Crippen molar-refractivity contribution in [3.05, 3.63) is 47.1 Å². The summed E-state index contributed by atoms with van der Waals surface area (Å²) in [5, 5.41) is 8.05. The van der Waals surface area contributed by atoms with E-state index in [2.05, 4.69) is 10.4 Å². The van der Waals surface area contributed by atoms with Crippen LogP contribution >= 0.6 is 11.3 Å². The number of nitrogens with one attached hydrogen (secondary N) is 1. The number of hydrogen-bond donors (Lipinski definition) is 2. The van der Waals surface area contributed by atoms with Crippen LogP contribution in [0.3, 0.4) is 0 Å². The first-order chi connectivity index (χ1) is 10.1. The number of nitrogens with zero attached hydrogens (tertiary/aromatic N) is 2.